The summed E-state index contributed by atoms with van der Waals surface area (Å²) in [6.45, 7) is 3.49. The maximum absolute atomic E-state index is 12.9. The van der Waals surface area contributed by atoms with E-state index in [2.05, 4.69) is 0 Å². The Kier molecular flexibility index (Phi) is 5.34. The molecule has 0 unspecified atom stereocenters. The molecule has 0 aliphatic carbocycles. The summed E-state index contributed by atoms with van der Waals surface area (Å²) in [5, 5.41) is 29.3. The van der Waals surface area contributed by atoms with E-state index in [-0.39, 0.29) is 6.54 Å². The van der Waals surface area contributed by atoms with Crippen LogP contribution < -0.4 is 11.2 Å². The molecule has 0 spiro atoms. The Morgan fingerprint density at radius 3 is 2.33 bits per heavy atom. The Morgan fingerprint density at radius 2 is 1.74 bits per heavy atom. The van der Waals surface area contributed by atoms with E-state index in [0.29, 0.717) is 0 Å². The van der Waals surface area contributed by atoms with E-state index in [1.807, 2.05) is 44.2 Å². The normalized spacial score (nSPS) is 25.7. The van der Waals surface area contributed by atoms with Crippen LogP contribution in [0, 0.1) is 0 Å². The van der Waals surface area contributed by atoms with Crippen LogP contribution in [0.4, 0.5) is 0 Å². The van der Waals surface area contributed by atoms with Crippen LogP contribution in [0.15, 0.2) is 52.2 Å². The Hall–Kier alpha value is -2.26. The highest BCUT2D eigenvalue weighted by Gasteiger charge is 2.44. The van der Waals surface area contributed by atoms with Crippen molar-refractivity contribution in [2.75, 3.05) is 6.61 Å². The predicted octanol–water partition coefficient (Wildman–Crippen LogP) is -0.401. The first-order valence-corrected chi connectivity index (χ1v) is 8.76. The van der Waals surface area contributed by atoms with Gasteiger partial charge in [0.2, 0.25) is 0 Å². The molecule has 1 aromatic carbocycles. The lowest BCUT2D eigenvalue weighted by Gasteiger charge is -2.27. The van der Waals surface area contributed by atoms with Crippen LogP contribution in [0.3, 0.4) is 0 Å². The summed E-state index contributed by atoms with van der Waals surface area (Å²) in [7, 11) is 0. The van der Waals surface area contributed by atoms with Crippen molar-refractivity contribution in [3.63, 3.8) is 0 Å². The molecular formula is C19H24N2O6. The molecule has 2 aromatic rings. The van der Waals surface area contributed by atoms with E-state index in [0.717, 1.165) is 14.7 Å². The highest BCUT2D eigenvalue weighted by Crippen LogP contribution is 2.28. The lowest BCUT2D eigenvalue weighted by atomic mass is 9.84. The maximum atomic E-state index is 12.9. The first-order valence-electron chi connectivity index (χ1n) is 8.76. The number of rotatable bonds is 5. The molecule has 3 N–H and O–H groups in total. The van der Waals surface area contributed by atoms with Gasteiger partial charge >= 0.3 is 5.69 Å². The van der Waals surface area contributed by atoms with Crippen LogP contribution in [0.1, 0.15) is 25.6 Å². The zero-order chi connectivity index (χ0) is 19.8. The summed E-state index contributed by atoms with van der Waals surface area (Å²) in [5.41, 5.74) is -0.640. The van der Waals surface area contributed by atoms with Crippen LogP contribution in [0.25, 0.3) is 0 Å². The second-order valence-corrected chi connectivity index (χ2v) is 7.41. The van der Waals surface area contributed by atoms with Gasteiger partial charge in [-0.1, -0.05) is 44.2 Å². The quantitative estimate of drug-likeness (QED) is 0.654. The largest absolute Gasteiger partial charge is 0.394 e. The topological polar surface area (TPSA) is 114 Å². The average molecular weight is 376 g/mol. The molecule has 8 heteroatoms. The molecule has 1 aliphatic rings. The summed E-state index contributed by atoms with van der Waals surface area (Å²) in [5.74, 6) is 0. The zero-order valence-electron chi connectivity index (χ0n) is 15.2. The van der Waals surface area contributed by atoms with Crippen LogP contribution in [0.5, 0.6) is 0 Å². The molecule has 4 atom stereocenters. The lowest BCUT2D eigenvalue weighted by molar-refractivity contribution is -0.0557. The van der Waals surface area contributed by atoms with E-state index in [4.69, 9.17) is 4.74 Å². The molecule has 1 aliphatic heterocycles. The number of hydrogen-bond donors (Lipinski definition) is 3. The standard InChI is InChI=1S/C19H24N2O6/c1-19(2,12-6-4-3-5-7-12)11-21-14(23)8-9-20(18(21)26)17-16(25)15(24)13(10-22)27-17/h3-9,13,15-17,22,24-25H,10-11H2,1-2H3/t13-,15+,16+,17-/m1/s1. The van der Waals surface area contributed by atoms with Crippen molar-refractivity contribution in [2.24, 2.45) is 0 Å². The fourth-order valence-electron chi connectivity index (χ4n) is 3.36. The highest BCUT2D eigenvalue weighted by molar-refractivity contribution is 5.23. The van der Waals surface area contributed by atoms with Crippen LogP contribution in [0.2, 0.25) is 0 Å². The van der Waals surface area contributed by atoms with Crippen molar-refractivity contribution < 1.29 is 20.1 Å². The van der Waals surface area contributed by atoms with Gasteiger partial charge < -0.3 is 20.1 Å². The van der Waals surface area contributed by atoms with E-state index >= 15 is 0 Å². The molecule has 1 aromatic heterocycles. The van der Waals surface area contributed by atoms with E-state index in [1.165, 1.54) is 12.3 Å². The predicted molar refractivity (Wildman–Crippen MR) is 97.4 cm³/mol. The zero-order valence-corrected chi connectivity index (χ0v) is 15.2. The second kappa shape index (κ2) is 7.40. The van der Waals surface area contributed by atoms with Gasteiger partial charge in [0.25, 0.3) is 5.56 Å². The van der Waals surface area contributed by atoms with Gasteiger partial charge in [-0.3, -0.25) is 13.9 Å². The van der Waals surface area contributed by atoms with Gasteiger partial charge in [-0.05, 0) is 5.56 Å². The Bertz CT molecular complexity index is 904. The second-order valence-electron chi connectivity index (χ2n) is 7.41. The third-order valence-corrected chi connectivity index (χ3v) is 5.00. The molecule has 0 bridgehead atoms. The minimum atomic E-state index is -1.40. The molecule has 0 radical (unpaired) electrons. The molecule has 8 nitrogen and oxygen atoms in total. The van der Waals surface area contributed by atoms with Gasteiger partial charge in [-0.25, -0.2) is 4.79 Å². The molecule has 3 rings (SSSR count). The van der Waals surface area contributed by atoms with E-state index in [9.17, 15) is 24.9 Å². The van der Waals surface area contributed by atoms with Crippen molar-refractivity contribution in [2.45, 2.75) is 50.3 Å². The third kappa shape index (κ3) is 3.61. The number of nitrogens with zero attached hydrogens (tertiary/aromatic N) is 2. The van der Waals surface area contributed by atoms with Gasteiger partial charge in [0, 0.05) is 24.2 Å². The summed E-state index contributed by atoms with van der Waals surface area (Å²) >= 11 is 0. The minimum Gasteiger partial charge on any atom is -0.394 e. The SMILES string of the molecule is CC(C)(Cn1c(=O)ccn([C@@H]2O[C@H](CO)[C@H](O)[C@@H]2O)c1=O)c1ccccc1. The van der Waals surface area contributed by atoms with Crippen LogP contribution in [-0.4, -0.2) is 49.4 Å². The number of aliphatic hydroxyl groups excluding tert-OH is 3. The van der Waals surface area contributed by atoms with E-state index < -0.39 is 47.8 Å². The van der Waals surface area contributed by atoms with Gasteiger partial charge in [0.05, 0.1) is 6.61 Å². The number of aliphatic hydroxyl groups is 3. The molecular weight excluding hydrogens is 352 g/mol. The fourth-order valence-corrected chi connectivity index (χ4v) is 3.36. The molecule has 146 valence electrons. The van der Waals surface area contributed by atoms with Gasteiger partial charge in [-0.15, -0.1) is 0 Å². The summed E-state index contributed by atoms with van der Waals surface area (Å²) < 4.78 is 7.57. The van der Waals surface area contributed by atoms with Crippen LogP contribution >= 0.6 is 0 Å². The minimum absolute atomic E-state index is 0.129. The lowest BCUT2D eigenvalue weighted by Crippen LogP contribution is -2.45. The van der Waals surface area contributed by atoms with E-state index in [1.54, 1.807) is 0 Å². The smallest absolute Gasteiger partial charge is 0.333 e. The number of ether oxygens (including phenoxy) is 1. The van der Waals surface area contributed by atoms with Crippen molar-refractivity contribution >= 4 is 0 Å². The number of benzene rings is 1. The Labute approximate surface area is 155 Å². The van der Waals surface area contributed by atoms with Crippen molar-refractivity contribution in [1.29, 1.82) is 0 Å². The molecule has 1 fully saturated rings. The van der Waals surface area contributed by atoms with Crippen LogP contribution in [-0.2, 0) is 16.7 Å². The monoisotopic (exact) mass is 376 g/mol. The Balaban J connectivity index is 1.98. The number of hydrogen-bond acceptors (Lipinski definition) is 6. The van der Waals surface area contributed by atoms with Crippen molar-refractivity contribution in [3.8, 4) is 0 Å². The molecule has 1 saturated heterocycles. The number of aromatic nitrogens is 2. The summed E-state index contributed by atoms with van der Waals surface area (Å²) in [6.07, 6.45) is -3.67. The highest BCUT2D eigenvalue weighted by atomic mass is 16.6. The Morgan fingerprint density at radius 1 is 1.07 bits per heavy atom. The first kappa shape index (κ1) is 19.5. The summed E-state index contributed by atoms with van der Waals surface area (Å²) in [6, 6.07) is 10.8. The summed E-state index contributed by atoms with van der Waals surface area (Å²) in [4.78, 5) is 25.3. The molecule has 0 amide bonds. The third-order valence-electron chi connectivity index (χ3n) is 5.00. The molecule has 0 saturated carbocycles. The average Bonchev–Trinajstić information content (AvgIpc) is 2.94. The van der Waals surface area contributed by atoms with Crippen molar-refractivity contribution in [1.82, 2.24) is 9.13 Å². The van der Waals surface area contributed by atoms with Gasteiger partial charge in [0.15, 0.2) is 6.23 Å². The molecule has 27 heavy (non-hydrogen) atoms. The molecule has 2 heterocycles. The van der Waals surface area contributed by atoms with Crippen molar-refractivity contribution in [3.05, 3.63) is 69.0 Å². The van der Waals surface area contributed by atoms with Gasteiger partial charge in [-0.2, -0.15) is 0 Å². The first-order chi connectivity index (χ1) is 12.8. The fraction of sp³-hybridized carbons (Fsp3) is 0.474. The van der Waals surface area contributed by atoms with Gasteiger partial charge in [0.1, 0.15) is 18.3 Å². The maximum Gasteiger partial charge on any atom is 0.333 e.